The summed E-state index contributed by atoms with van der Waals surface area (Å²) in [6, 6.07) is 9.63. The van der Waals surface area contributed by atoms with Gasteiger partial charge in [-0.1, -0.05) is 23.5 Å². The van der Waals surface area contributed by atoms with Gasteiger partial charge in [0.1, 0.15) is 11.3 Å². The Labute approximate surface area is 189 Å². The van der Waals surface area contributed by atoms with E-state index in [1.807, 2.05) is 19.1 Å². The fraction of sp³-hybridized carbons (Fsp3) is 0.364. The van der Waals surface area contributed by atoms with E-state index in [0.29, 0.717) is 42.7 Å². The number of carbonyl (C=O) groups is 1. The minimum Gasteiger partial charge on any atom is -0.494 e. The third-order valence-electron chi connectivity index (χ3n) is 5.44. The van der Waals surface area contributed by atoms with Crippen LogP contribution in [-0.4, -0.2) is 67.2 Å². The molecule has 2 aromatic carbocycles. The van der Waals surface area contributed by atoms with Gasteiger partial charge in [0.2, 0.25) is 0 Å². The number of morpholine rings is 1. The van der Waals surface area contributed by atoms with E-state index in [1.165, 1.54) is 29.5 Å². The summed E-state index contributed by atoms with van der Waals surface area (Å²) in [6.45, 7) is 5.97. The van der Waals surface area contributed by atoms with Gasteiger partial charge >= 0.3 is 0 Å². The highest BCUT2D eigenvalue weighted by molar-refractivity contribution is 7.22. The number of nitro groups is 1. The van der Waals surface area contributed by atoms with Crippen molar-refractivity contribution >= 4 is 38.3 Å². The first-order chi connectivity index (χ1) is 15.5. The maximum absolute atomic E-state index is 13.5. The van der Waals surface area contributed by atoms with Crippen molar-refractivity contribution in [2.75, 3.05) is 51.4 Å². The monoisotopic (exact) mass is 456 g/mol. The highest BCUT2D eigenvalue weighted by atomic mass is 32.1. The molecule has 1 amide bonds. The van der Waals surface area contributed by atoms with Crippen LogP contribution in [0.5, 0.6) is 5.75 Å². The number of fused-ring (bicyclic) bond motifs is 1. The molecule has 0 N–H and O–H groups in total. The predicted octanol–water partition coefficient (Wildman–Crippen LogP) is 3.50. The normalized spacial score (nSPS) is 14.4. The molecule has 10 heteroatoms. The van der Waals surface area contributed by atoms with Crippen LogP contribution in [0.2, 0.25) is 0 Å². The largest absolute Gasteiger partial charge is 0.494 e. The highest BCUT2D eigenvalue weighted by Gasteiger charge is 2.25. The SMILES string of the molecule is COc1ccc(C)c2sc(N(CCN3CCOCC3)C(=O)c3cccc([N+](=O)[O-])c3)nc12. The Bertz CT molecular complexity index is 1140. The average Bonchev–Trinajstić information content (AvgIpc) is 3.26. The topological polar surface area (TPSA) is 98.0 Å². The fourth-order valence-electron chi connectivity index (χ4n) is 3.64. The molecule has 1 aliphatic rings. The van der Waals surface area contributed by atoms with Crippen molar-refractivity contribution in [1.82, 2.24) is 9.88 Å². The quantitative estimate of drug-likeness (QED) is 0.396. The number of non-ortho nitro benzene ring substituents is 1. The molecule has 3 aromatic rings. The molecule has 1 aromatic heterocycles. The van der Waals surface area contributed by atoms with Crippen molar-refractivity contribution in [1.29, 1.82) is 0 Å². The molecule has 0 unspecified atom stereocenters. The molecule has 1 aliphatic heterocycles. The summed E-state index contributed by atoms with van der Waals surface area (Å²) >= 11 is 1.42. The summed E-state index contributed by atoms with van der Waals surface area (Å²) in [7, 11) is 1.59. The summed E-state index contributed by atoms with van der Waals surface area (Å²) in [6.07, 6.45) is 0. The molecule has 1 fully saturated rings. The molecule has 0 saturated carbocycles. The zero-order valence-corrected chi connectivity index (χ0v) is 18.8. The number of nitrogens with zero attached hydrogens (tertiary/aromatic N) is 4. The van der Waals surface area contributed by atoms with E-state index < -0.39 is 4.92 Å². The minimum absolute atomic E-state index is 0.120. The molecule has 168 valence electrons. The lowest BCUT2D eigenvalue weighted by Gasteiger charge is -2.29. The number of methoxy groups -OCH3 is 1. The molecule has 0 atom stereocenters. The second-order valence-electron chi connectivity index (χ2n) is 7.48. The zero-order valence-electron chi connectivity index (χ0n) is 17.9. The van der Waals surface area contributed by atoms with E-state index in [9.17, 15) is 14.9 Å². The van der Waals surface area contributed by atoms with E-state index in [4.69, 9.17) is 14.5 Å². The lowest BCUT2D eigenvalue weighted by atomic mass is 10.2. The Kier molecular flexibility index (Phi) is 6.63. The molecule has 1 saturated heterocycles. The molecule has 0 spiro atoms. The van der Waals surface area contributed by atoms with Crippen LogP contribution < -0.4 is 9.64 Å². The number of hydrogen-bond acceptors (Lipinski definition) is 8. The zero-order chi connectivity index (χ0) is 22.7. The number of ether oxygens (including phenoxy) is 2. The van der Waals surface area contributed by atoms with E-state index in [2.05, 4.69) is 4.90 Å². The van der Waals surface area contributed by atoms with Crippen LogP contribution in [0.4, 0.5) is 10.8 Å². The summed E-state index contributed by atoms with van der Waals surface area (Å²) in [5.41, 5.74) is 1.88. The number of benzene rings is 2. The molecule has 0 aliphatic carbocycles. The van der Waals surface area contributed by atoms with Crippen molar-refractivity contribution in [2.24, 2.45) is 0 Å². The number of rotatable bonds is 7. The molecule has 32 heavy (non-hydrogen) atoms. The summed E-state index contributed by atoms with van der Waals surface area (Å²) in [5.74, 6) is 0.321. The van der Waals surface area contributed by atoms with Crippen LogP contribution in [0.15, 0.2) is 36.4 Å². The van der Waals surface area contributed by atoms with Gasteiger partial charge in [-0.3, -0.25) is 24.7 Å². The number of amides is 1. The van der Waals surface area contributed by atoms with Crippen LogP contribution in [-0.2, 0) is 4.74 Å². The van der Waals surface area contributed by atoms with Crippen molar-refractivity contribution in [3.8, 4) is 5.75 Å². The summed E-state index contributed by atoms with van der Waals surface area (Å²) in [5, 5.41) is 11.8. The van der Waals surface area contributed by atoms with E-state index in [-0.39, 0.29) is 17.2 Å². The van der Waals surface area contributed by atoms with Crippen LogP contribution in [0.1, 0.15) is 15.9 Å². The van der Waals surface area contributed by atoms with Crippen molar-refractivity contribution in [3.63, 3.8) is 0 Å². The number of hydrogen-bond donors (Lipinski definition) is 0. The van der Waals surface area contributed by atoms with Crippen LogP contribution in [0, 0.1) is 17.0 Å². The van der Waals surface area contributed by atoms with Crippen LogP contribution in [0.3, 0.4) is 0 Å². The first kappa shape index (κ1) is 22.1. The third kappa shape index (κ3) is 4.57. The summed E-state index contributed by atoms with van der Waals surface area (Å²) < 4.78 is 11.8. The molecule has 2 heterocycles. The van der Waals surface area contributed by atoms with Crippen molar-refractivity contribution in [3.05, 3.63) is 57.6 Å². The Morgan fingerprint density at radius 3 is 2.81 bits per heavy atom. The van der Waals surface area contributed by atoms with Gasteiger partial charge in [0.15, 0.2) is 5.13 Å². The van der Waals surface area contributed by atoms with Gasteiger partial charge in [0.05, 0.1) is 29.9 Å². The molecular formula is C22H24N4O5S. The summed E-state index contributed by atoms with van der Waals surface area (Å²) in [4.78, 5) is 32.8. The van der Waals surface area contributed by atoms with Crippen LogP contribution in [0.25, 0.3) is 10.2 Å². The number of anilines is 1. The van der Waals surface area contributed by atoms with Crippen molar-refractivity contribution < 1.29 is 19.2 Å². The third-order valence-corrected chi connectivity index (χ3v) is 6.65. The molecule has 0 radical (unpaired) electrons. The van der Waals surface area contributed by atoms with Gasteiger partial charge in [-0.15, -0.1) is 0 Å². The molecule has 0 bridgehead atoms. The number of thiazole rings is 1. The first-order valence-corrected chi connectivity index (χ1v) is 11.1. The second kappa shape index (κ2) is 9.60. The second-order valence-corrected chi connectivity index (χ2v) is 8.45. The van der Waals surface area contributed by atoms with Gasteiger partial charge in [-0.05, 0) is 24.6 Å². The van der Waals surface area contributed by atoms with Gasteiger partial charge in [0.25, 0.3) is 11.6 Å². The van der Waals surface area contributed by atoms with Gasteiger partial charge in [0, 0.05) is 43.9 Å². The number of aromatic nitrogens is 1. The van der Waals surface area contributed by atoms with Gasteiger partial charge < -0.3 is 9.47 Å². The molecular weight excluding hydrogens is 432 g/mol. The smallest absolute Gasteiger partial charge is 0.270 e. The predicted molar refractivity (Wildman–Crippen MR) is 123 cm³/mol. The maximum atomic E-state index is 13.5. The average molecular weight is 457 g/mol. The minimum atomic E-state index is -0.499. The number of nitro benzene ring substituents is 1. The van der Waals surface area contributed by atoms with E-state index >= 15 is 0 Å². The first-order valence-electron chi connectivity index (χ1n) is 10.3. The van der Waals surface area contributed by atoms with Gasteiger partial charge in [-0.2, -0.15) is 0 Å². The molecule has 4 rings (SSSR count). The maximum Gasteiger partial charge on any atom is 0.270 e. The lowest BCUT2D eigenvalue weighted by molar-refractivity contribution is -0.384. The van der Waals surface area contributed by atoms with E-state index in [0.717, 1.165) is 23.4 Å². The number of aryl methyl sites for hydroxylation is 1. The Hall–Kier alpha value is -3.08. The van der Waals surface area contributed by atoms with Crippen molar-refractivity contribution in [2.45, 2.75) is 6.92 Å². The Morgan fingerprint density at radius 2 is 2.09 bits per heavy atom. The Morgan fingerprint density at radius 1 is 1.31 bits per heavy atom. The standard InChI is InChI=1S/C22H24N4O5S/c1-15-6-7-18(30-2)19-20(15)32-22(23-19)25(9-8-24-10-12-31-13-11-24)21(27)16-4-3-5-17(14-16)26(28)29/h3-7,14H,8-13H2,1-2H3. The fourth-order valence-corrected chi connectivity index (χ4v) is 4.71. The lowest BCUT2D eigenvalue weighted by Crippen LogP contribution is -2.43. The Balaban J connectivity index is 1.71. The van der Waals surface area contributed by atoms with Gasteiger partial charge in [-0.25, -0.2) is 4.98 Å². The number of carbonyl (C=O) groups excluding carboxylic acids is 1. The van der Waals surface area contributed by atoms with Crippen LogP contribution >= 0.6 is 11.3 Å². The highest BCUT2D eigenvalue weighted by Crippen LogP contribution is 2.37. The molecule has 9 nitrogen and oxygen atoms in total. The van der Waals surface area contributed by atoms with E-state index in [1.54, 1.807) is 18.1 Å².